The molecule has 1 aromatic rings. The van der Waals surface area contributed by atoms with Gasteiger partial charge in [0.25, 0.3) is 0 Å². The maximum absolute atomic E-state index is 11.7. The number of hydrogen-bond acceptors (Lipinski definition) is 2. The van der Waals surface area contributed by atoms with Crippen LogP contribution in [0.15, 0.2) is 22.7 Å². The Morgan fingerprint density at radius 3 is 2.63 bits per heavy atom. The van der Waals surface area contributed by atoms with Crippen LogP contribution in [0.2, 0.25) is 0 Å². The average molecular weight is 328 g/mol. The first-order valence-electron chi connectivity index (χ1n) is 6.11. The molecule has 0 aliphatic heterocycles. The van der Waals surface area contributed by atoms with Crippen molar-refractivity contribution < 1.29 is 14.7 Å². The Morgan fingerprint density at radius 2 is 2.00 bits per heavy atom. The molecule has 0 heterocycles. The quantitative estimate of drug-likeness (QED) is 0.873. The summed E-state index contributed by atoms with van der Waals surface area (Å²) in [6, 6.07) is 6.07. The Morgan fingerprint density at radius 1 is 1.32 bits per heavy atom. The highest BCUT2D eigenvalue weighted by Crippen LogP contribution is 2.16. The Balaban J connectivity index is 2.49. The van der Waals surface area contributed by atoms with Crippen molar-refractivity contribution in [2.24, 2.45) is 0 Å². The second-order valence-electron chi connectivity index (χ2n) is 4.53. The minimum Gasteiger partial charge on any atom is -0.481 e. The Bertz CT molecular complexity index is 474. The topological polar surface area (TPSA) is 57.6 Å². The van der Waals surface area contributed by atoms with Gasteiger partial charge in [0.15, 0.2) is 0 Å². The number of likely N-dealkylation sites (N-methyl/N-ethyl adjacent to an activating group) is 1. The van der Waals surface area contributed by atoms with Crippen LogP contribution in [0.5, 0.6) is 0 Å². The first-order valence-corrected chi connectivity index (χ1v) is 6.90. The van der Waals surface area contributed by atoms with Gasteiger partial charge in [-0.2, -0.15) is 0 Å². The van der Waals surface area contributed by atoms with Crippen LogP contribution in [0.25, 0.3) is 0 Å². The molecule has 1 amide bonds. The zero-order chi connectivity index (χ0) is 14.4. The standard InChI is InChI=1S/C14H18BrNO3/c1-10-3-4-12(15)9-11(10)7-8-16(2)13(17)5-6-14(18)19/h3-4,9H,5-8H2,1-2H3,(H,18,19). The van der Waals surface area contributed by atoms with E-state index in [-0.39, 0.29) is 18.7 Å². The van der Waals surface area contributed by atoms with Gasteiger partial charge in [-0.3, -0.25) is 9.59 Å². The summed E-state index contributed by atoms with van der Waals surface area (Å²) in [5.74, 6) is -1.07. The minimum absolute atomic E-state index is 0.0588. The van der Waals surface area contributed by atoms with Gasteiger partial charge in [-0.25, -0.2) is 0 Å². The van der Waals surface area contributed by atoms with E-state index >= 15 is 0 Å². The lowest BCUT2D eigenvalue weighted by Gasteiger charge is -2.17. The van der Waals surface area contributed by atoms with Gasteiger partial charge in [0.2, 0.25) is 5.91 Å². The third kappa shape index (κ3) is 5.42. The van der Waals surface area contributed by atoms with E-state index in [1.807, 2.05) is 25.1 Å². The smallest absolute Gasteiger partial charge is 0.303 e. The SMILES string of the molecule is Cc1ccc(Br)cc1CCN(C)C(=O)CCC(=O)O. The summed E-state index contributed by atoms with van der Waals surface area (Å²) >= 11 is 3.43. The predicted molar refractivity (Wildman–Crippen MR) is 77.1 cm³/mol. The number of carbonyl (C=O) groups is 2. The number of rotatable bonds is 6. The molecule has 0 aliphatic rings. The summed E-state index contributed by atoms with van der Waals surface area (Å²) in [7, 11) is 1.71. The van der Waals surface area contributed by atoms with Crippen LogP contribution < -0.4 is 0 Å². The molecule has 0 atom stereocenters. The Hall–Kier alpha value is -1.36. The summed E-state index contributed by atoms with van der Waals surface area (Å²) in [4.78, 5) is 23.7. The maximum Gasteiger partial charge on any atom is 0.303 e. The van der Waals surface area contributed by atoms with E-state index in [1.165, 1.54) is 11.1 Å². The van der Waals surface area contributed by atoms with Gasteiger partial charge in [0.05, 0.1) is 6.42 Å². The van der Waals surface area contributed by atoms with E-state index in [4.69, 9.17) is 5.11 Å². The zero-order valence-electron chi connectivity index (χ0n) is 11.1. The van der Waals surface area contributed by atoms with Gasteiger partial charge in [0.1, 0.15) is 0 Å². The highest BCUT2D eigenvalue weighted by molar-refractivity contribution is 9.10. The molecule has 19 heavy (non-hydrogen) atoms. The van der Waals surface area contributed by atoms with Crippen molar-refractivity contribution >= 4 is 27.8 Å². The second-order valence-corrected chi connectivity index (χ2v) is 5.45. The third-order valence-electron chi connectivity index (χ3n) is 3.01. The molecule has 0 saturated carbocycles. The fraction of sp³-hybridized carbons (Fsp3) is 0.429. The van der Waals surface area contributed by atoms with Crippen LogP contribution >= 0.6 is 15.9 Å². The Kier molecular flexibility index (Phi) is 6.02. The molecule has 0 bridgehead atoms. The molecule has 4 nitrogen and oxygen atoms in total. The fourth-order valence-corrected chi connectivity index (χ4v) is 2.14. The number of halogens is 1. The van der Waals surface area contributed by atoms with Crippen molar-refractivity contribution in [1.82, 2.24) is 4.90 Å². The monoisotopic (exact) mass is 327 g/mol. The number of benzene rings is 1. The normalized spacial score (nSPS) is 10.3. The average Bonchev–Trinajstić information content (AvgIpc) is 2.36. The van der Waals surface area contributed by atoms with Gasteiger partial charge in [0, 0.05) is 24.5 Å². The molecule has 0 fully saturated rings. The van der Waals surface area contributed by atoms with Gasteiger partial charge in [-0.1, -0.05) is 22.0 Å². The van der Waals surface area contributed by atoms with Crippen molar-refractivity contribution in [3.8, 4) is 0 Å². The van der Waals surface area contributed by atoms with E-state index < -0.39 is 5.97 Å². The number of hydrogen-bond donors (Lipinski definition) is 1. The summed E-state index contributed by atoms with van der Waals surface area (Å²) in [6.07, 6.45) is 0.711. The number of carbonyl (C=O) groups excluding carboxylic acids is 1. The van der Waals surface area contributed by atoms with Crippen LogP contribution in [0.4, 0.5) is 0 Å². The molecule has 0 unspecified atom stereocenters. The predicted octanol–water partition coefficient (Wildman–Crippen LogP) is 2.62. The lowest BCUT2D eigenvalue weighted by atomic mass is 10.1. The van der Waals surface area contributed by atoms with Crippen LogP contribution in [-0.2, 0) is 16.0 Å². The number of aliphatic carboxylic acids is 1. The lowest BCUT2D eigenvalue weighted by molar-refractivity contribution is -0.140. The molecular weight excluding hydrogens is 310 g/mol. The number of carboxylic acid groups (broad SMARTS) is 1. The van der Waals surface area contributed by atoms with E-state index in [9.17, 15) is 9.59 Å². The number of aryl methyl sites for hydroxylation is 1. The van der Waals surface area contributed by atoms with Crippen LogP contribution in [0.3, 0.4) is 0 Å². The molecule has 0 aromatic heterocycles. The second kappa shape index (κ2) is 7.28. The van der Waals surface area contributed by atoms with E-state index in [2.05, 4.69) is 15.9 Å². The van der Waals surface area contributed by atoms with Gasteiger partial charge >= 0.3 is 5.97 Å². The zero-order valence-corrected chi connectivity index (χ0v) is 12.7. The molecule has 1 aromatic carbocycles. The van der Waals surface area contributed by atoms with E-state index in [0.717, 1.165) is 10.9 Å². The van der Waals surface area contributed by atoms with E-state index in [0.29, 0.717) is 6.54 Å². The van der Waals surface area contributed by atoms with Crippen LogP contribution in [-0.4, -0.2) is 35.5 Å². The van der Waals surface area contributed by atoms with Crippen LogP contribution in [0.1, 0.15) is 24.0 Å². The molecule has 1 rings (SSSR count). The molecule has 5 heteroatoms. The molecule has 0 radical (unpaired) electrons. The van der Waals surface area contributed by atoms with Crippen molar-refractivity contribution in [1.29, 1.82) is 0 Å². The number of nitrogens with zero attached hydrogens (tertiary/aromatic N) is 1. The fourth-order valence-electron chi connectivity index (χ4n) is 1.73. The molecule has 0 spiro atoms. The highest BCUT2D eigenvalue weighted by Gasteiger charge is 2.11. The number of carboxylic acids is 1. The summed E-state index contributed by atoms with van der Waals surface area (Å²) in [5.41, 5.74) is 2.38. The van der Waals surface area contributed by atoms with Crippen molar-refractivity contribution in [2.45, 2.75) is 26.2 Å². The third-order valence-corrected chi connectivity index (χ3v) is 3.50. The van der Waals surface area contributed by atoms with Crippen molar-refractivity contribution in [3.63, 3.8) is 0 Å². The molecule has 0 aliphatic carbocycles. The molecule has 104 valence electrons. The van der Waals surface area contributed by atoms with Crippen LogP contribution in [0, 0.1) is 6.92 Å². The van der Waals surface area contributed by atoms with Gasteiger partial charge < -0.3 is 10.0 Å². The summed E-state index contributed by atoms with van der Waals surface area (Å²) in [5, 5.41) is 8.54. The summed E-state index contributed by atoms with van der Waals surface area (Å²) in [6.45, 7) is 2.63. The Labute approximate surface area is 121 Å². The largest absolute Gasteiger partial charge is 0.481 e. The maximum atomic E-state index is 11.7. The van der Waals surface area contributed by atoms with Crippen molar-refractivity contribution in [2.75, 3.05) is 13.6 Å². The first kappa shape index (κ1) is 15.7. The molecular formula is C14H18BrNO3. The lowest BCUT2D eigenvalue weighted by Crippen LogP contribution is -2.29. The van der Waals surface area contributed by atoms with Gasteiger partial charge in [-0.15, -0.1) is 0 Å². The summed E-state index contributed by atoms with van der Waals surface area (Å²) < 4.78 is 1.02. The van der Waals surface area contributed by atoms with Crippen molar-refractivity contribution in [3.05, 3.63) is 33.8 Å². The highest BCUT2D eigenvalue weighted by atomic mass is 79.9. The molecule has 1 N–H and O–H groups in total. The van der Waals surface area contributed by atoms with E-state index in [1.54, 1.807) is 11.9 Å². The first-order chi connectivity index (χ1) is 8.90. The molecule has 0 saturated heterocycles. The van der Waals surface area contributed by atoms with Gasteiger partial charge in [-0.05, 0) is 36.6 Å². The minimum atomic E-state index is -0.940. The number of amides is 1.